The van der Waals surface area contributed by atoms with E-state index in [9.17, 15) is 4.79 Å². The quantitative estimate of drug-likeness (QED) is 0.761. The molecule has 0 atom stereocenters. The van der Waals surface area contributed by atoms with Crippen molar-refractivity contribution >= 4 is 21.5 Å². The summed E-state index contributed by atoms with van der Waals surface area (Å²) < 4.78 is 5.21. The molecule has 0 unspecified atom stereocenters. The number of hydrogen-bond acceptors (Lipinski definition) is 2. The summed E-state index contributed by atoms with van der Waals surface area (Å²) in [6.45, 7) is 2.98. The van der Waals surface area contributed by atoms with Crippen LogP contribution in [-0.2, 0) is 3.79 Å². The lowest BCUT2D eigenvalue weighted by Crippen LogP contribution is -2.06. The summed E-state index contributed by atoms with van der Waals surface area (Å²) in [7, 11) is 0. The van der Waals surface area contributed by atoms with E-state index >= 15 is 0 Å². The van der Waals surface area contributed by atoms with E-state index in [1.165, 1.54) is 18.1 Å². The van der Waals surface area contributed by atoms with E-state index in [-0.39, 0.29) is 15.6 Å². The van der Waals surface area contributed by atoms with Crippen molar-refractivity contribution in [2.75, 3.05) is 6.61 Å². The number of hydrogen-bond donors (Lipinski definition) is 1. The number of carboxylic acid groups (broad SMARTS) is 1. The Kier molecular flexibility index (Phi) is 6.17. The molecule has 0 aromatic heterocycles. The molecule has 1 aliphatic rings. The van der Waals surface area contributed by atoms with Crippen LogP contribution < -0.4 is 0 Å². The Morgan fingerprint density at radius 1 is 1.31 bits per heavy atom. The fraction of sp³-hybridized carbons (Fsp3) is 0.417. The van der Waals surface area contributed by atoms with Gasteiger partial charge in [-0.3, -0.25) is 0 Å². The Hall–Kier alpha value is -0.818. The summed E-state index contributed by atoms with van der Waals surface area (Å²) in [5.41, 5.74) is 1.41. The zero-order chi connectivity index (χ0) is 11.8. The first-order valence-corrected chi connectivity index (χ1v) is 7.15. The number of aromatic carboxylic acids is 1. The zero-order valence-electron chi connectivity index (χ0n) is 9.61. The van der Waals surface area contributed by atoms with Crippen molar-refractivity contribution in [3.8, 4) is 0 Å². The average Bonchev–Trinajstić information content (AvgIpc) is 2.32. The van der Waals surface area contributed by atoms with Crippen molar-refractivity contribution in [3.63, 3.8) is 0 Å². The maximum atomic E-state index is 10.3. The van der Waals surface area contributed by atoms with Crippen LogP contribution in [0.3, 0.4) is 0 Å². The van der Waals surface area contributed by atoms with Crippen LogP contribution in [0.4, 0.5) is 0 Å². The molecule has 1 heterocycles. The molecule has 3 nitrogen and oxygen atoms in total. The lowest BCUT2D eigenvalue weighted by molar-refractivity contribution is 0.0697. The van der Waals surface area contributed by atoms with Gasteiger partial charge in [0.1, 0.15) is 0 Å². The molecule has 86 valence electrons. The second-order valence-electron chi connectivity index (χ2n) is 3.84. The lowest BCUT2D eigenvalue weighted by atomic mass is 10.2. The number of benzene rings is 1. The first-order valence-electron chi connectivity index (χ1n) is 5.58. The third kappa shape index (κ3) is 5.32. The zero-order valence-corrected chi connectivity index (χ0v) is 11.0. The van der Waals surface area contributed by atoms with Crippen LogP contribution >= 0.6 is 0 Å². The minimum Gasteiger partial charge on any atom is -0.503 e. The minimum absolute atomic E-state index is 0.00849. The molecule has 4 heteroatoms. The molecular weight excluding hydrogens is 219 g/mol. The molecule has 0 radical (unpaired) electrons. The largest absolute Gasteiger partial charge is 0.503 e. The van der Waals surface area contributed by atoms with E-state index in [1.807, 2.05) is 6.92 Å². The van der Waals surface area contributed by atoms with Gasteiger partial charge in [0.25, 0.3) is 0 Å². The summed E-state index contributed by atoms with van der Waals surface area (Å²) in [5.74, 6) is -0.875. The smallest absolute Gasteiger partial charge is 0.435 e. The van der Waals surface area contributed by atoms with Crippen LogP contribution in [0.15, 0.2) is 24.3 Å². The molecule has 0 saturated carbocycles. The van der Waals surface area contributed by atoms with Crippen molar-refractivity contribution in [2.45, 2.75) is 25.0 Å². The van der Waals surface area contributed by atoms with Gasteiger partial charge >= 0.3 is 21.5 Å². The van der Waals surface area contributed by atoms with Gasteiger partial charge in [-0.25, -0.2) is 4.79 Å². The lowest BCUT2D eigenvalue weighted by Gasteiger charge is -2.06. The summed E-state index contributed by atoms with van der Waals surface area (Å²) in [6, 6.07) is 6.75. The molecular formula is C12H17AlO3. The number of carbonyl (C=O) groups is 1. The van der Waals surface area contributed by atoms with Crippen LogP contribution in [-0.4, -0.2) is 33.2 Å². The van der Waals surface area contributed by atoms with E-state index in [4.69, 9.17) is 8.90 Å². The third-order valence-electron chi connectivity index (χ3n) is 2.38. The maximum absolute atomic E-state index is 10.3. The van der Waals surface area contributed by atoms with Gasteiger partial charge in [-0.1, -0.05) is 29.4 Å². The second-order valence-corrected chi connectivity index (χ2v) is 5.37. The molecule has 0 spiro atoms. The topological polar surface area (TPSA) is 46.5 Å². The van der Waals surface area contributed by atoms with E-state index in [2.05, 4.69) is 0 Å². The van der Waals surface area contributed by atoms with E-state index in [0.29, 0.717) is 5.56 Å². The molecule has 0 bridgehead atoms. The van der Waals surface area contributed by atoms with Crippen LogP contribution in [0, 0.1) is 6.92 Å². The number of rotatable bonds is 1. The van der Waals surface area contributed by atoms with Gasteiger partial charge in [0.15, 0.2) is 0 Å². The van der Waals surface area contributed by atoms with Gasteiger partial charge in [0.2, 0.25) is 0 Å². The normalized spacial score (nSPS) is 14.3. The summed E-state index contributed by atoms with van der Waals surface area (Å²) in [4.78, 5) is 10.3. The molecule has 1 N–H and O–H groups in total. The number of aryl methyl sites for hydroxylation is 1. The van der Waals surface area contributed by atoms with Crippen LogP contribution in [0.5, 0.6) is 0 Å². The summed E-state index contributed by atoms with van der Waals surface area (Å²) in [6.07, 6.45) is 2.75. The molecule has 1 saturated heterocycles. The predicted octanol–water partition coefficient (Wildman–Crippen LogP) is 2.26. The van der Waals surface area contributed by atoms with E-state index < -0.39 is 5.97 Å². The average molecular weight is 236 g/mol. The molecule has 1 aliphatic heterocycles. The number of carboxylic acids is 1. The Morgan fingerprint density at radius 2 is 2.00 bits per heavy atom. The van der Waals surface area contributed by atoms with Gasteiger partial charge in [-0.2, -0.15) is 0 Å². The Bertz CT molecular complexity index is 306. The summed E-state index contributed by atoms with van der Waals surface area (Å²) in [5, 5.41) is 9.89. The Balaban J connectivity index is 0.000000181. The molecule has 1 fully saturated rings. The van der Waals surface area contributed by atoms with Crippen LogP contribution in [0.1, 0.15) is 28.8 Å². The van der Waals surface area contributed by atoms with E-state index in [0.717, 1.165) is 12.2 Å². The van der Waals surface area contributed by atoms with Gasteiger partial charge < -0.3 is 8.90 Å². The standard InChI is InChI=1S/C8H8O2.C4H8O.Al.H/c1-6-2-4-7(5-3-6)8(9)10;1-2-3-4-5;;/h2-5H,1H3,(H,9,10);1-4H2;;/q;-1;+1;. The van der Waals surface area contributed by atoms with Crippen LogP contribution in [0.2, 0.25) is 5.28 Å². The van der Waals surface area contributed by atoms with Gasteiger partial charge in [0.05, 0.1) is 5.56 Å². The van der Waals surface area contributed by atoms with Gasteiger partial charge in [-0.15, -0.1) is 0 Å². The Morgan fingerprint density at radius 3 is 2.31 bits per heavy atom. The Labute approximate surface area is 102 Å². The highest BCUT2D eigenvalue weighted by molar-refractivity contribution is 6.27. The molecule has 0 aliphatic carbocycles. The first kappa shape index (κ1) is 13.2. The predicted molar refractivity (Wildman–Crippen MR) is 65.3 cm³/mol. The molecule has 0 amide bonds. The highest BCUT2D eigenvalue weighted by atomic mass is 27.1. The van der Waals surface area contributed by atoms with Crippen molar-refractivity contribution in [1.82, 2.24) is 0 Å². The molecule has 1 aromatic carbocycles. The highest BCUT2D eigenvalue weighted by Crippen LogP contribution is 2.02. The fourth-order valence-electron chi connectivity index (χ4n) is 1.38. The highest BCUT2D eigenvalue weighted by Gasteiger charge is 2.00. The fourth-order valence-corrected chi connectivity index (χ4v) is 2.55. The van der Waals surface area contributed by atoms with Crippen molar-refractivity contribution in [2.24, 2.45) is 0 Å². The maximum Gasteiger partial charge on any atom is 0.435 e. The summed E-state index contributed by atoms with van der Waals surface area (Å²) >= 11 is 0.00849. The van der Waals surface area contributed by atoms with Gasteiger partial charge in [-0.05, 0) is 25.5 Å². The van der Waals surface area contributed by atoms with E-state index in [1.54, 1.807) is 24.3 Å². The molecule has 1 aromatic rings. The second kappa shape index (κ2) is 7.45. The minimum atomic E-state index is -0.875. The van der Waals surface area contributed by atoms with Crippen LogP contribution in [0.25, 0.3) is 0 Å². The third-order valence-corrected chi connectivity index (χ3v) is 3.74. The monoisotopic (exact) mass is 236 g/mol. The van der Waals surface area contributed by atoms with Crippen molar-refractivity contribution < 1.29 is 13.7 Å². The van der Waals surface area contributed by atoms with Crippen molar-refractivity contribution in [1.29, 1.82) is 0 Å². The first-order chi connectivity index (χ1) is 7.70. The SMILES string of the molecule is C1C[CH2][AlH][O]C1.Cc1ccc(C(=O)O)cc1. The molecule has 2 rings (SSSR count). The van der Waals surface area contributed by atoms with Crippen molar-refractivity contribution in [3.05, 3.63) is 35.4 Å². The molecule has 16 heavy (non-hydrogen) atoms. The van der Waals surface area contributed by atoms with Gasteiger partial charge in [0, 0.05) is 6.61 Å².